The van der Waals surface area contributed by atoms with Crippen LogP contribution in [0, 0.1) is 5.92 Å². The molecule has 4 atom stereocenters. The van der Waals surface area contributed by atoms with E-state index in [4.69, 9.17) is 10.8 Å². The summed E-state index contributed by atoms with van der Waals surface area (Å²) in [6.45, 7) is 1.73. The van der Waals surface area contributed by atoms with E-state index in [0.29, 0.717) is 0 Å². The minimum Gasteiger partial charge on any atom is -0.480 e. The molecule has 0 bridgehead atoms. The SMILES string of the molecule is CC(C(=O)N1CC(O)CC1C(=O)O)C(N)c1ccccc1. The Morgan fingerprint density at radius 3 is 2.52 bits per heavy atom. The molecule has 21 heavy (non-hydrogen) atoms. The summed E-state index contributed by atoms with van der Waals surface area (Å²) in [5.41, 5.74) is 6.93. The van der Waals surface area contributed by atoms with Crippen LogP contribution in [-0.4, -0.2) is 45.7 Å². The molecule has 6 heteroatoms. The average molecular weight is 292 g/mol. The number of amides is 1. The Labute approximate surface area is 123 Å². The highest BCUT2D eigenvalue weighted by Gasteiger charge is 2.41. The summed E-state index contributed by atoms with van der Waals surface area (Å²) in [6, 6.07) is 7.73. The van der Waals surface area contributed by atoms with Gasteiger partial charge in [0.1, 0.15) is 6.04 Å². The van der Waals surface area contributed by atoms with Crippen molar-refractivity contribution < 1.29 is 19.8 Å². The zero-order valence-electron chi connectivity index (χ0n) is 11.8. The third-order valence-corrected chi connectivity index (χ3v) is 3.96. The van der Waals surface area contributed by atoms with Gasteiger partial charge in [-0.3, -0.25) is 4.79 Å². The van der Waals surface area contributed by atoms with Gasteiger partial charge in [-0.15, -0.1) is 0 Å². The summed E-state index contributed by atoms with van der Waals surface area (Å²) in [6.07, 6.45) is -0.732. The normalized spacial score (nSPS) is 24.6. The number of aliphatic carboxylic acids is 1. The van der Waals surface area contributed by atoms with Gasteiger partial charge < -0.3 is 20.8 Å². The lowest BCUT2D eigenvalue weighted by Crippen LogP contribution is -2.45. The molecular weight excluding hydrogens is 272 g/mol. The van der Waals surface area contributed by atoms with Gasteiger partial charge in [-0.2, -0.15) is 0 Å². The van der Waals surface area contributed by atoms with Crippen LogP contribution in [0.25, 0.3) is 0 Å². The van der Waals surface area contributed by atoms with Gasteiger partial charge in [0.2, 0.25) is 5.91 Å². The fourth-order valence-electron chi connectivity index (χ4n) is 2.67. The lowest BCUT2D eigenvalue weighted by atomic mass is 9.94. The first-order valence-electron chi connectivity index (χ1n) is 6.93. The third kappa shape index (κ3) is 3.22. The van der Waals surface area contributed by atoms with Crippen molar-refractivity contribution in [3.63, 3.8) is 0 Å². The summed E-state index contributed by atoms with van der Waals surface area (Å²) in [5.74, 6) is -1.99. The maximum Gasteiger partial charge on any atom is 0.326 e. The number of carbonyl (C=O) groups excluding carboxylic acids is 1. The molecule has 6 nitrogen and oxygen atoms in total. The van der Waals surface area contributed by atoms with E-state index in [1.165, 1.54) is 4.90 Å². The number of carbonyl (C=O) groups is 2. The minimum absolute atomic E-state index is 0.0433. The Bertz CT molecular complexity index is 520. The molecule has 114 valence electrons. The van der Waals surface area contributed by atoms with Crippen molar-refractivity contribution in [1.29, 1.82) is 0 Å². The molecule has 0 aliphatic carbocycles. The van der Waals surface area contributed by atoms with Crippen LogP contribution in [0.3, 0.4) is 0 Å². The number of hydrogen-bond acceptors (Lipinski definition) is 4. The fourth-order valence-corrected chi connectivity index (χ4v) is 2.67. The highest BCUT2D eigenvalue weighted by atomic mass is 16.4. The van der Waals surface area contributed by atoms with E-state index in [1.807, 2.05) is 30.3 Å². The summed E-state index contributed by atoms with van der Waals surface area (Å²) in [5, 5.41) is 18.8. The average Bonchev–Trinajstić information content (AvgIpc) is 2.88. The molecule has 0 radical (unpaired) electrons. The third-order valence-electron chi connectivity index (χ3n) is 3.96. The molecule has 0 spiro atoms. The minimum atomic E-state index is -1.10. The second kappa shape index (κ2) is 6.24. The predicted octanol–water partition coefficient (Wildman–Crippen LogP) is 0.369. The Morgan fingerprint density at radius 1 is 1.33 bits per heavy atom. The van der Waals surface area contributed by atoms with Gasteiger partial charge in [0, 0.05) is 19.0 Å². The van der Waals surface area contributed by atoms with Crippen molar-refractivity contribution in [2.75, 3.05) is 6.54 Å². The van der Waals surface area contributed by atoms with Gasteiger partial charge in [-0.25, -0.2) is 4.79 Å². The van der Waals surface area contributed by atoms with Crippen molar-refractivity contribution in [1.82, 2.24) is 4.90 Å². The summed E-state index contributed by atoms with van der Waals surface area (Å²) >= 11 is 0. The zero-order valence-corrected chi connectivity index (χ0v) is 11.8. The highest BCUT2D eigenvalue weighted by molar-refractivity contribution is 5.86. The summed E-state index contributed by atoms with van der Waals surface area (Å²) in [4.78, 5) is 24.9. The molecule has 1 heterocycles. The summed E-state index contributed by atoms with van der Waals surface area (Å²) in [7, 11) is 0. The van der Waals surface area contributed by atoms with Gasteiger partial charge in [-0.1, -0.05) is 37.3 Å². The van der Waals surface area contributed by atoms with Crippen LogP contribution in [0.1, 0.15) is 24.9 Å². The van der Waals surface area contributed by atoms with E-state index in [9.17, 15) is 14.7 Å². The Balaban J connectivity index is 2.13. The molecule has 1 fully saturated rings. The number of carboxylic acid groups (broad SMARTS) is 1. The van der Waals surface area contributed by atoms with Crippen LogP contribution in [-0.2, 0) is 9.59 Å². The van der Waals surface area contributed by atoms with Crippen molar-refractivity contribution >= 4 is 11.9 Å². The monoisotopic (exact) mass is 292 g/mol. The van der Waals surface area contributed by atoms with Crippen LogP contribution in [0.15, 0.2) is 30.3 Å². The first-order valence-corrected chi connectivity index (χ1v) is 6.93. The summed E-state index contributed by atoms with van der Waals surface area (Å²) < 4.78 is 0. The number of likely N-dealkylation sites (tertiary alicyclic amines) is 1. The van der Waals surface area contributed by atoms with Gasteiger partial charge >= 0.3 is 5.97 Å². The second-order valence-electron chi connectivity index (χ2n) is 5.46. The molecular formula is C15H20N2O4. The number of β-amino-alcohol motifs (C(OH)–C–C–N with tert-alkyl or cyclic N) is 1. The second-order valence-corrected chi connectivity index (χ2v) is 5.46. The first-order chi connectivity index (χ1) is 9.91. The molecule has 4 N–H and O–H groups in total. The van der Waals surface area contributed by atoms with E-state index in [0.717, 1.165) is 5.56 Å². The van der Waals surface area contributed by atoms with Crippen molar-refractivity contribution in [3.8, 4) is 0 Å². The van der Waals surface area contributed by atoms with Crippen LogP contribution in [0.5, 0.6) is 0 Å². The number of nitrogens with zero attached hydrogens (tertiary/aromatic N) is 1. The smallest absolute Gasteiger partial charge is 0.326 e. The van der Waals surface area contributed by atoms with E-state index in [1.54, 1.807) is 6.92 Å². The quantitative estimate of drug-likeness (QED) is 0.744. The van der Waals surface area contributed by atoms with Gasteiger partial charge in [-0.05, 0) is 5.56 Å². The number of carboxylic acids is 1. The van der Waals surface area contributed by atoms with Gasteiger partial charge in [0.05, 0.1) is 12.0 Å². The zero-order chi connectivity index (χ0) is 15.6. The largest absolute Gasteiger partial charge is 0.480 e. The molecule has 1 aromatic rings. The standard InChI is InChI=1S/C15H20N2O4/c1-9(13(16)10-5-3-2-4-6-10)14(19)17-8-11(18)7-12(17)15(20)21/h2-6,9,11-13,18H,7-8,16H2,1H3,(H,20,21). The van der Waals surface area contributed by atoms with E-state index in [2.05, 4.69) is 0 Å². The van der Waals surface area contributed by atoms with Crippen molar-refractivity contribution in [3.05, 3.63) is 35.9 Å². The van der Waals surface area contributed by atoms with E-state index < -0.39 is 30.1 Å². The predicted molar refractivity (Wildman–Crippen MR) is 76.3 cm³/mol. The Hall–Kier alpha value is -1.92. The number of hydrogen-bond donors (Lipinski definition) is 3. The van der Waals surface area contributed by atoms with E-state index in [-0.39, 0.29) is 18.9 Å². The molecule has 1 aliphatic rings. The van der Waals surface area contributed by atoms with Crippen LogP contribution in [0.4, 0.5) is 0 Å². The molecule has 1 aromatic carbocycles. The lowest BCUT2D eigenvalue weighted by Gasteiger charge is -2.27. The van der Waals surface area contributed by atoms with Crippen LogP contribution in [0.2, 0.25) is 0 Å². The molecule has 4 unspecified atom stereocenters. The number of aliphatic hydroxyl groups is 1. The lowest BCUT2D eigenvalue weighted by molar-refractivity contribution is -0.150. The number of rotatable bonds is 4. The Morgan fingerprint density at radius 2 is 1.95 bits per heavy atom. The van der Waals surface area contributed by atoms with E-state index >= 15 is 0 Å². The van der Waals surface area contributed by atoms with Crippen molar-refractivity contribution in [2.45, 2.75) is 31.5 Å². The fraction of sp³-hybridized carbons (Fsp3) is 0.467. The molecule has 1 saturated heterocycles. The molecule has 1 amide bonds. The molecule has 0 saturated carbocycles. The highest BCUT2D eigenvalue weighted by Crippen LogP contribution is 2.26. The van der Waals surface area contributed by atoms with Gasteiger partial charge in [0.15, 0.2) is 0 Å². The molecule has 1 aliphatic heterocycles. The van der Waals surface area contributed by atoms with Crippen LogP contribution < -0.4 is 5.73 Å². The topological polar surface area (TPSA) is 104 Å². The number of nitrogens with two attached hydrogens (primary N) is 1. The molecule has 0 aromatic heterocycles. The number of benzene rings is 1. The maximum absolute atomic E-state index is 12.5. The van der Waals surface area contributed by atoms with Gasteiger partial charge in [0.25, 0.3) is 0 Å². The molecule has 2 rings (SSSR count). The van der Waals surface area contributed by atoms with Crippen LogP contribution >= 0.6 is 0 Å². The maximum atomic E-state index is 12.5. The van der Waals surface area contributed by atoms with Crippen molar-refractivity contribution in [2.24, 2.45) is 11.7 Å². The number of aliphatic hydroxyl groups excluding tert-OH is 1. The first kappa shape index (κ1) is 15.5. The Kier molecular flexibility index (Phi) is 4.59.